The first kappa shape index (κ1) is 19.2. The van der Waals surface area contributed by atoms with Crippen LogP contribution in [0.5, 0.6) is 0 Å². The van der Waals surface area contributed by atoms with E-state index < -0.39 is 21.7 Å². The minimum absolute atomic E-state index is 0.0546. The van der Waals surface area contributed by atoms with E-state index in [4.69, 9.17) is 0 Å². The van der Waals surface area contributed by atoms with Crippen molar-refractivity contribution in [3.05, 3.63) is 65.9 Å². The van der Waals surface area contributed by atoms with Crippen molar-refractivity contribution < 1.29 is 21.6 Å². The molecule has 142 valence electrons. The lowest BCUT2D eigenvalue weighted by Crippen LogP contribution is -2.08. The molecule has 3 rings (SSSR count). The molecule has 0 spiro atoms. The molecule has 0 amide bonds. The Labute approximate surface area is 155 Å². The Bertz CT molecular complexity index is 1050. The number of alkyl halides is 3. The summed E-state index contributed by atoms with van der Waals surface area (Å²) in [4.78, 5) is 0.119. The maximum atomic E-state index is 13.2. The van der Waals surface area contributed by atoms with Gasteiger partial charge in [0.25, 0.3) is 0 Å². The molecule has 0 aliphatic heterocycles. The molecule has 4 nitrogen and oxygen atoms in total. The van der Waals surface area contributed by atoms with Gasteiger partial charge in [-0.25, -0.2) is 13.1 Å². The summed E-state index contributed by atoms with van der Waals surface area (Å²) in [6.07, 6.45) is -4.59. The SMILES string of the molecule is CCS(=O)(=O)c1ccc(-n2nc(C(F)(F)F)cc2-c2ccc(C)cc2)cc1. The Kier molecular flexibility index (Phi) is 4.86. The summed E-state index contributed by atoms with van der Waals surface area (Å²) in [6.45, 7) is 3.41. The molecule has 0 N–H and O–H groups in total. The van der Waals surface area contributed by atoms with Crippen molar-refractivity contribution >= 4 is 9.84 Å². The third kappa shape index (κ3) is 3.90. The fourth-order valence-electron chi connectivity index (χ4n) is 2.61. The molecule has 3 aromatic rings. The maximum Gasteiger partial charge on any atom is 0.435 e. The van der Waals surface area contributed by atoms with Gasteiger partial charge in [-0.3, -0.25) is 0 Å². The first-order valence-electron chi connectivity index (χ1n) is 8.19. The second-order valence-electron chi connectivity index (χ2n) is 6.09. The van der Waals surface area contributed by atoms with Gasteiger partial charge in [0, 0.05) is 5.56 Å². The molecule has 8 heteroatoms. The Morgan fingerprint density at radius 1 is 1.00 bits per heavy atom. The van der Waals surface area contributed by atoms with Crippen molar-refractivity contribution in [2.45, 2.75) is 24.9 Å². The first-order valence-corrected chi connectivity index (χ1v) is 9.84. The summed E-state index contributed by atoms with van der Waals surface area (Å²) in [5.74, 6) is -0.0546. The largest absolute Gasteiger partial charge is 0.435 e. The van der Waals surface area contributed by atoms with Crippen LogP contribution in [0.15, 0.2) is 59.5 Å². The standard InChI is InChI=1S/C19H17F3N2O2S/c1-3-27(25,26)16-10-8-15(9-11-16)24-17(12-18(23-24)19(20,21)22)14-6-4-13(2)5-7-14/h4-12H,3H2,1-2H3. The first-order chi connectivity index (χ1) is 12.6. The third-order valence-electron chi connectivity index (χ3n) is 4.17. The zero-order valence-electron chi connectivity index (χ0n) is 14.7. The van der Waals surface area contributed by atoms with Crippen LogP contribution < -0.4 is 0 Å². The highest BCUT2D eigenvalue weighted by atomic mass is 32.2. The molecule has 0 saturated heterocycles. The van der Waals surface area contributed by atoms with E-state index in [0.717, 1.165) is 11.6 Å². The lowest BCUT2D eigenvalue weighted by Gasteiger charge is -2.09. The van der Waals surface area contributed by atoms with Gasteiger partial charge >= 0.3 is 6.18 Å². The van der Waals surface area contributed by atoms with E-state index in [1.54, 1.807) is 24.3 Å². The van der Waals surface area contributed by atoms with Crippen LogP contribution in [0.25, 0.3) is 16.9 Å². The fraction of sp³-hybridized carbons (Fsp3) is 0.211. The number of aryl methyl sites for hydroxylation is 1. The third-order valence-corrected chi connectivity index (χ3v) is 5.92. The van der Waals surface area contributed by atoms with Gasteiger partial charge in [0.15, 0.2) is 15.5 Å². The molecule has 27 heavy (non-hydrogen) atoms. The molecule has 0 aliphatic carbocycles. The number of hydrogen-bond donors (Lipinski definition) is 0. The van der Waals surface area contributed by atoms with Crippen LogP contribution >= 0.6 is 0 Å². The van der Waals surface area contributed by atoms with Crippen LogP contribution in [-0.2, 0) is 16.0 Å². The molecule has 1 heterocycles. The van der Waals surface area contributed by atoms with Crippen LogP contribution in [0.2, 0.25) is 0 Å². The van der Waals surface area contributed by atoms with Crippen LogP contribution in [0.3, 0.4) is 0 Å². The topological polar surface area (TPSA) is 52.0 Å². The zero-order valence-corrected chi connectivity index (χ0v) is 15.5. The number of hydrogen-bond acceptors (Lipinski definition) is 3. The molecule has 0 unspecified atom stereocenters. The summed E-state index contributed by atoms with van der Waals surface area (Å²) in [5.41, 5.74) is 1.16. The Hall–Kier alpha value is -2.61. The van der Waals surface area contributed by atoms with Crippen LogP contribution in [0.1, 0.15) is 18.2 Å². The van der Waals surface area contributed by atoms with Gasteiger partial charge in [-0.2, -0.15) is 18.3 Å². The normalized spacial score (nSPS) is 12.3. The van der Waals surface area contributed by atoms with Crippen LogP contribution in [0, 0.1) is 6.92 Å². The average molecular weight is 394 g/mol. The molecular weight excluding hydrogens is 377 g/mol. The number of aromatic nitrogens is 2. The number of nitrogens with zero attached hydrogens (tertiary/aromatic N) is 2. The summed E-state index contributed by atoms with van der Waals surface area (Å²) in [6, 6.07) is 13.7. The molecule has 0 fully saturated rings. The predicted molar refractivity (Wildman–Crippen MR) is 96.5 cm³/mol. The average Bonchev–Trinajstić information content (AvgIpc) is 3.08. The van der Waals surface area contributed by atoms with Crippen molar-refractivity contribution in [2.24, 2.45) is 0 Å². The van der Waals surface area contributed by atoms with Gasteiger partial charge in [-0.1, -0.05) is 36.8 Å². The fourth-order valence-corrected chi connectivity index (χ4v) is 3.49. The van der Waals surface area contributed by atoms with Gasteiger partial charge in [0.1, 0.15) is 0 Å². The second kappa shape index (κ2) is 6.84. The van der Waals surface area contributed by atoms with Crippen molar-refractivity contribution in [2.75, 3.05) is 5.75 Å². The smallest absolute Gasteiger partial charge is 0.233 e. The molecule has 0 aliphatic rings. The van der Waals surface area contributed by atoms with E-state index in [-0.39, 0.29) is 16.3 Å². The summed E-state index contributed by atoms with van der Waals surface area (Å²) >= 11 is 0. The quantitative estimate of drug-likeness (QED) is 0.647. The molecular formula is C19H17F3N2O2S. The monoisotopic (exact) mass is 394 g/mol. The van der Waals surface area contributed by atoms with Gasteiger partial charge in [-0.15, -0.1) is 0 Å². The maximum absolute atomic E-state index is 13.2. The summed E-state index contributed by atoms with van der Waals surface area (Å²) in [5, 5.41) is 3.70. The highest BCUT2D eigenvalue weighted by Gasteiger charge is 2.35. The molecule has 0 saturated carbocycles. The minimum Gasteiger partial charge on any atom is -0.233 e. The van der Waals surface area contributed by atoms with E-state index in [1.165, 1.54) is 35.9 Å². The Morgan fingerprint density at radius 2 is 1.59 bits per heavy atom. The number of rotatable bonds is 4. The lowest BCUT2D eigenvalue weighted by atomic mass is 10.1. The Morgan fingerprint density at radius 3 is 2.11 bits per heavy atom. The van der Waals surface area contributed by atoms with E-state index in [0.29, 0.717) is 11.3 Å². The van der Waals surface area contributed by atoms with Crippen molar-refractivity contribution in [3.8, 4) is 16.9 Å². The summed E-state index contributed by atoms with van der Waals surface area (Å²) in [7, 11) is -3.39. The number of halogens is 3. The predicted octanol–water partition coefficient (Wildman–Crippen LogP) is 4.66. The van der Waals surface area contributed by atoms with Gasteiger partial charge < -0.3 is 0 Å². The second-order valence-corrected chi connectivity index (χ2v) is 8.37. The highest BCUT2D eigenvalue weighted by Crippen LogP contribution is 2.33. The van der Waals surface area contributed by atoms with Crippen LogP contribution in [0.4, 0.5) is 13.2 Å². The molecule has 0 radical (unpaired) electrons. The lowest BCUT2D eigenvalue weighted by molar-refractivity contribution is -0.141. The van der Waals surface area contributed by atoms with E-state index in [2.05, 4.69) is 5.10 Å². The van der Waals surface area contributed by atoms with E-state index in [1.807, 2.05) is 6.92 Å². The molecule has 0 atom stereocenters. The Balaban J connectivity index is 2.14. The van der Waals surface area contributed by atoms with Crippen molar-refractivity contribution in [3.63, 3.8) is 0 Å². The summed E-state index contributed by atoms with van der Waals surface area (Å²) < 4.78 is 64.6. The van der Waals surface area contributed by atoms with Crippen LogP contribution in [-0.4, -0.2) is 24.0 Å². The van der Waals surface area contributed by atoms with E-state index >= 15 is 0 Å². The molecule has 0 bridgehead atoms. The highest BCUT2D eigenvalue weighted by molar-refractivity contribution is 7.91. The minimum atomic E-state index is -4.59. The number of benzene rings is 2. The van der Waals surface area contributed by atoms with E-state index in [9.17, 15) is 21.6 Å². The van der Waals surface area contributed by atoms with Gasteiger partial charge in [0.2, 0.25) is 0 Å². The van der Waals surface area contributed by atoms with Gasteiger partial charge in [-0.05, 0) is 37.3 Å². The van der Waals surface area contributed by atoms with Gasteiger partial charge in [0.05, 0.1) is 22.0 Å². The zero-order chi connectivity index (χ0) is 19.8. The van der Waals surface area contributed by atoms with Crippen molar-refractivity contribution in [1.29, 1.82) is 0 Å². The molecule has 1 aromatic heterocycles. The van der Waals surface area contributed by atoms with Crippen molar-refractivity contribution in [1.82, 2.24) is 9.78 Å². The molecule has 2 aromatic carbocycles. The number of sulfone groups is 1.